The molecular weight excluding hydrogens is 1020 g/mol. The number of hydrogen-bond donors (Lipinski definition) is 1. The molecule has 434 valence electrons. The van der Waals surface area contributed by atoms with E-state index in [9.17, 15) is 33.6 Å². The first kappa shape index (κ1) is 65.1. The summed E-state index contributed by atoms with van der Waals surface area (Å²) in [4.78, 5) is 94.2. The summed E-state index contributed by atoms with van der Waals surface area (Å²) in [6.07, 6.45) is 4.25. The number of benzene rings is 3. The van der Waals surface area contributed by atoms with Gasteiger partial charge in [-0.1, -0.05) is 113 Å². The lowest BCUT2D eigenvalue weighted by atomic mass is 9.97. The zero-order chi connectivity index (χ0) is 57.6. The Morgan fingerprint density at radius 1 is 0.582 bits per heavy atom. The standard InChI is InChI=1S/C61H83NO17/c1-9-10-11-12-15-27-36-47(74-56(67)43-30-21-18-22-31-43)46(62-49(63)37-28-16-13-14-17-29-38-50(64)70-8)39-73-59-55(77-58(69)45-34-25-20-26-35-45)54(76-57(68)44-32-23-19-24-33-44)53(72-42-52(66)79-61(5,6)7)48(75-59)40-71-41-51(65)78-60(2,3)4/h18-27,30-36,46-48,53-55,59H,9-17,28-29,37-42H2,1-8H3,(H,62,63)/t46-,47+,48+,53-,54-,55+,59-/m0/s1. The molecule has 1 N–H and O–H groups in total. The number of unbranched alkanes of at least 4 members (excludes halogenated alkanes) is 9. The van der Waals surface area contributed by atoms with Crippen LogP contribution >= 0.6 is 0 Å². The average molecular weight is 1100 g/mol. The van der Waals surface area contributed by atoms with Gasteiger partial charge in [-0.3, -0.25) is 9.59 Å². The van der Waals surface area contributed by atoms with Crippen LogP contribution in [-0.4, -0.2) is 129 Å². The smallest absolute Gasteiger partial charge is 0.338 e. The predicted octanol–water partition coefficient (Wildman–Crippen LogP) is 9.80. The fourth-order valence-corrected chi connectivity index (χ4v) is 8.30. The average Bonchev–Trinajstić information content (AvgIpc) is 3.43. The highest BCUT2D eigenvalue weighted by atomic mass is 16.7. The first-order chi connectivity index (χ1) is 37.8. The van der Waals surface area contributed by atoms with E-state index in [2.05, 4.69) is 12.2 Å². The number of allylic oxidation sites excluding steroid dienone is 1. The van der Waals surface area contributed by atoms with Crippen molar-refractivity contribution in [2.45, 2.75) is 186 Å². The van der Waals surface area contributed by atoms with Gasteiger partial charge in [0.05, 0.1) is 43.1 Å². The van der Waals surface area contributed by atoms with E-state index in [0.717, 1.165) is 51.4 Å². The minimum Gasteiger partial charge on any atom is -0.469 e. The summed E-state index contributed by atoms with van der Waals surface area (Å²) in [5.41, 5.74) is -1.26. The van der Waals surface area contributed by atoms with Gasteiger partial charge in [0.2, 0.25) is 5.91 Å². The highest BCUT2D eigenvalue weighted by molar-refractivity contribution is 5.91. The number of carbonyl (C=O) groups is 7. The molecule has 0 spiro atoms. The van der Waals surface area contributed by atoms with Gasteiger partial charge in [0.1, 0.15) is 42.7 Å². The zero-order valence-electron chi connectivity index (χ0n) is 47.3. The van der Waals surface area contributed by atoms with Crippen LogP contribution in [0, 0.1) is 0 Å². The van der Waals surface area contributed by atoms with Gasteiger partial charge in [-0.2, -0.15) is 0 Å². The molecule has 0 aliphatic carbocycles. The lowest BCUT2D eigenvalue weighted by Gasteiger charge is -2.45. The summed E-state index contributed by atoms with van der Waals surface area (Å²) in [7, 11) is 1.36. The molecule has 0 saturated carbocycles. The number of esters is 6. The summed E-state index contributed by atoms with van der Waals surface area (Å²) >= 11 is 0. The minimum atomic E-state index is -1.67. The molecule has 7 atom stereocenters. The second kappa shape index (κ2) is 34.5. The Kier molecular flexibility index (Phi) is 28.4. The molecular formula is C61H83NO17. The van der Waals surface area contributed by atoms with Crippen molar-refractivity contribution in [3.05, 3.63) is 120 Å². The van der Waals surface area contributed by atoms with E-state index in [4.69, 9.17) is 47.4 Å². The van der Waals surface area contributed by atoms with Crippen molar-refractivity contribution in [3.8, 4) is 0 Å². The summed E-state index contributed by atoms with van der Waals surface area (Å²) < 4.78 is 59.9. The molecule has 1 aliphatic rings. The van der Waals surface area contributed by atoms with Crippen molar-refractivity contribution < 1.29 is 80.9 Å². The molecule has 0 unspecified atom stereocenters. The minimum absolute atomic E-state index is 0.112. The molecule has 1 aliphatic heterocycles. The molecule has 18 nitrogen and oxygen atoms in total. The van der Waals surface area contributed by atoms with E-state index in [1.165, 1.54) is 31.4 Å². The van der Waals surface area contributed by atoms with Crippen LogP contribution in [0.4, 0.5) is 0 Å². The lowest BCUT2D eigenvalue weighted by Crippen LogP contribution is -2.63. The molecule has 3 aromatic carbocycles. The van der Waals surface area contributed by atoms with Crippen LogP contribution in [0.5, 0.6) is 0 Å². The number of nitrogens with one attached hydrogen (secondary N) is 1. The summed E-state index contributed by atoms with van der Waals surface area (Å²) in [5, 5.41) is 3.04. The second-order valence-electron chi connectivity index (χ2n) is 21.2. The molecule has 18 heteroatoms. The van der Waals surface area contributed by atoms with E-state index in [-0.39, 0.29) is 35.0 Å². The Labute approximate surface area is 465 Å². The number of rotatable bonds is 33. The van der Waals surface area contributed by atoms with Crippen molar-refractivity contribution in [2.75, 3.05) is 33.5 Å². The van der Waals surface area contributed by atoms with Gasteiger partial charge in [-0.25, -0.2) is 24.0 Å². The maximum Gasteiger partial charge on any atom is 0.338 e. The maximum atomic E-state index is 14.2. The first-order valence-electron chi connectivity index (χ1n) is 27.5. The summed E-state index contributed by atoms with van der Waals surface area (Å²) in [6, 6.07) is 23.3. The van der Waals surface area contributed by atoms with E-state index >= 15 is 0 Å². The largest absolute Gasteiger partial charge is 0.469 e. The predicted molar refractivity (Wildman–Crippen MR) is 293 cm³/mol. The van der Waals surface area contributed by atoms with E-state index in [0.29, 0.717) is 25.7 Å². The zero-order valence-corrected chi connectivity index (χ0v) is 47.3. The summed E-state index contributed by atoms with van der Waals surface area (Å²) in [5.74, 6) is -4.51. The summed E-state index contributed by atoms with van der Waals surface area (Å²) in [6.45, 7) is 10.1. The van der Waals surface area contributed by atoms with Gasteiger partial charge in [-0.15, -0.1) is 0 Å². The molecule has 3 aromatic rings. The van der Waals surface area contributed by atoms with Gasteiger partial charge in [0, 0.05) is 12.8 Å². The van der Waals surface area contributed by atoms with Gasteiger partial charge in [0.25, 0.3) is 0 Å². The Hall–Kier alpha value is -6.47. The van der Waals surface area contributed by atoms with Gasteiger partial charge >= 0.3 is 35.8 Å². The van der Waals surface area contributed by atoms with Crippen molar-refractivity contribution in [3.63, 3.8) is 0 Å². The van der Waals surface area contributed by atoms with Crippen molar-refractivity contribution >= 4 is 41.7 Å². The molecule has 1 saturated heterocycles. The molecule has 1 fully saturated rings. The SMILES string of the molecule is CCCCCCC=C[C@@H](OC(=O)c1ccccc1)[C@H](CO[C@H]1O[C@H](COCC(=O)OC(C)(C)C)[C@H](OCC(=O)OC(C)(C)C)[C@H](OC(=O)c2ccccc2)[C@H]1OC(=O)c1ccccc1)NC(=O)CCCCCCCCC(=O)OC. The molecule has 0 radical (unpaired) electrons. The highest BCUT2D eigenvalue weighted by Gasteiger charge is 2.53. The van der Waals surface area contributed by atoms with Crippen LogP contribution < -0.4 is 5.32 Å². The van der Waals surface area contributed by atoms with Gasteiger partial charge in [0.15, 0.2) is 18.5 Å². The molecule has 79 heavy (non-hydrogen) atoms. The topological polar surface area (TPSA) is 224 Å². The fraction of sp³-hybridized carbons (Fsp3) is 0.557. The van der Waals surface area contributed by atoms with Crippen molar-refractivity contribution in [1.29, 1.82) is 0 Å². The maximum absolute atomic E-state index is 14.2. The number of carbonyl (C=O) groups excluding carboxylic acids is 7. The first-order valence-corrected chi connectivity index (χ1v) is 27.5. The Balaban J connectivity index is 1.80. The Bertz CT molecular complexity index is 2350. The van der Waals surface area contributed by atoms with Gasteiger partial charge in [-0.05, 0) is 110 Å². The number of ether oxygens (including phenoxy) is 10. The van der Waals surface area contributed by atoms with Crippen LogP contribution in [0.3, 0.4) is 0 Å². The van der Waals surface area contributed by atoms with E-state index < -0.39 is 110 Å². The van der Waals surface area contributed by atoms with Crippen molar-refractivity contribution in [2.24, 2.45) is 0 Å². The third-order valence-corrected chi connectivity index (χ3v) is 12.1. The number of methoxy groups -OCH3 is 1. The Morgan fingerprint density at radius 2 is 1.09 bits per heavy atom. The van der Waals surface area contributed by atoms with Crippen LogP contribution in [0.1, 0.15) is 163 Å². The third kappa shape index (κ3) is 25.5. The Morgan fingerprint density at radius 3 is 1.63 bits per heavy atom. The van der Waals surface area contributed by atoms with Crippen LogP contribution in [0.2, 0.25) is 0 Å². The quantitative estimate of drug-likeness (QED) is 0.0259. The lowest BCUT2D eigenvalue weighted by molar-refractivity contribution is -0.308. The molecule has 4 rings (SSSR count). The molecule has 1 heterocycles. The molecule has 0 bridgehead atoms. The van der Waals surface area contributed by atoms with E-state index in [1.54, 1.807) is 114 Å². The molecule has 0 aromatic heterocycles. The normalized spacial score (nSPS) is 18.2. The van der Waals surface area contributed by atoms with Crippen LogP contribution in [-0.2, 0) is 66.5 Å². The molecule has 1 amide bonds. The van der Waals surface area contributed by atoms with Crippen LogP contribution in [0.25, 0.3) is 0 Å². The number of hydrogen-bond acceptors (Lipinski definition) is 17. The monoisotopic (exact) mass is 1100 g/mol. The van der Waals surface area contributed by atoms with Crippen LogP contribution in [0.15, 0.2) is 103 Å². The third-order valence-electron chi connectivity index (χ3n) is 12.1. The highest BCUT2D eigenvalue weighted by Crippen LogP contribution is 2.32. The van der Waals surface area contributed by atoms with Crippen molar-refractivity contribution in [1.82, 2.24) is 5.32 Å². The van der Waals surface area contributed by atoms with E-state index in [1.807, 2.05) is 6.08 Å². The second-order valence-corrected chi connectivity index (χ2v) is 21.2. The fourth-order valence-electron chi connectivity index (χ4n) is 8.30. The number of amides is 1. The van der Waals surface area contributed by atoms with Gasteiger partial charge < -0.3 is 52.7 Å².